The Morgan fingerprint density at radius 1 is 1.21 bits per heavy atom. The van der Waals surface area contributed by atoms with Gasteiger partial charge >= 0.3 is 0 Å². The van der Waals surface area contributed by atoms with Gasteiger partial charge in [-0.25, -0.2) is 13.2 Å². The normalized spacial score (nSPS) is 20.6. The Bertz CT molecular complexity index is 651. The van der Waals surface area contributed by atoms with Crippen molar-refractivity contribution in [2.24, 2.45) is 5.41 Å². The molecule has 2 aromatic rings. The highest BCUT2D eigenvalue weighted by Crippen LogP contribution is 2.57. The lowest BCUT2D eigenvalue weighted by Crippen LogP contribution is -1.95. The summed E-state index contributed by atoms with van der Waals surface area (Å²) in [5, 5.41) is 3.72. The second kappa shape index (κ2) is 3.82. The van der Waals surface area contributed by atoms with Gasteiger partial charge in [0.15, 0.2) is 17.5 Å². The first kappa shape index (κ1) is 12.2. The summed E-state index contributed by atoms with van der Waals surface area (Å²) in [5.41, 5.74) is -0.544. The van der Waals surface area contributed by atoms with E-state index in [9.17, 15) is 13.2 Å². The van der Waals surface area contributed by atoms with E-state index in [4.69, 9.17) is 4.52 Å². The van der Waals surface area contributed by atoms with Crippen LogP contribution in [-0.2, 0) is 0 Å². The molecule has 0 saturated heterocycles. The van der Waals surface area contributed by atoms with Gasteiger partial charge in [-0.05, 0) is 24.0 Å². The summed E-state index contributed by atoms with van der Waals surface area (Å²) in [4.78, 5) is 3.98. The second-order valence-corrected chi connectivity index (χ2v) is 5.42. The van der Waals surface area contributed by atoms with Crippen LogP contribution < -0.4 is 0 Å². The van der Waals surface area contributed by atoms with Crippen LogP contribution in [0.5, 0.6) is 0 Å². The molecule has 1 saturated carbocycles. The molecule has 0 N–H and O–H groups in total. The molecular weight excluding hydrogens is 257 g/mol. The smallest absolute Gasteiger partial charge is 0.264 e. The zero-order valence-corrected chi connectivity index (χ0v) is 10.4. The fraction of sp³-hybridized carbons (Fsp3) is 0.385. The molecule has 3 rings (SSSR count). The van der Waals surface area contributed by atoms with Gasteiger partial charge in [-0.2, -0.15) is 4.98 Å². The van der Waals surface area contributed by atoms with Crippen molar-refractivity contribution in [3.63, 3.8) is 0 Å². The highest BCUT2D eigenvalue weighted by Gasteiger charge is 2.49. The third kappa shape index (κ3) is 1.91. The van der Waals surface area contributed by atoms with Gasteiger partial charge in [0, 0.05) is 5.92 Å². The summed E-state index contributed by atoms with van der Waals surface area (Å²) in [5.74, 6) is -3.20. The van der Waals surface area contributed by atoms with Gasteiger partial charge in [0.1, 0.15) is 11.4 Å². The monoisotopic (exact) mass is 268 g/mol. The van der Waals surface area contributed by atoms with E-state index < -0.39 is 23.0 Å². The Labute approximate surface area is 107 Å². The third-order valence-electron chi connectivity index (χ3n) is 3.52. The Morgan fingerprint density at radius 3 is 2.47 bits per heavy atom. The molecule has 1 atom stereocenters. The lowest BCUT2D eigenvalue weighted by atomic mass is 10.1. The predicted molar refractivity (Wildman–Crippen MR) is 60.7 cm³/mol. The zero-order valence-electron chi connectivity index (χ0n) is 10.4. The fourth-order valence-electron chi connectivity index (χ4n) is 2.11. The molecule has 1 aliphatic carbocycles. The van der Waals surface area contributed by atoms with E-state index in [0.29, 0.717) is 5.82 Å². The van der Waals surface area contributed by atoms with Crippen LogP contribution in [0, 0.1) is 22.9 Å². The number of rotatable bonds is 2. The number of nitrogens with zero attached hydrogens (tertiary/aromatic N) is 2. The number of hydrogen-bond donors (Lipinski definition) is 0. The minimum Gasteiger partial charge on any atom is -0.334 e. The largest absolute Gasteiger partial charge is 0.334 e. The molecule has 0 unspecified atom stereocenters. The maximum atomic E-state index is 13.6. The van der Waals surface area contributed by atoms with Gasteiger partial charge in [0.25, 0.3) is 5.89 Å². The summed E-state index contributed by atoms with van der Waals surface area (Å²) in [6.07, 6.45) is 0.889. The first-order valence-corrected chi connectivity index (χ1v) is 5.87. The Kier molecular flexibility index (Phi) is 2.45. The summed E-state index contributed by atoms with van der Waals surface area (Å²) < 4.78 is 45.1. The Hall–Kier alpha value is -1.85. The van der Waals surface area contributed by atoms with Crippen molar-refractivity contribution < 1.29 is 17.7 Å². The van der Waals surface area contributed by atoms with Gasteiger partial charge < -0.3 is 4.52 Å². The van der Waals surface area contributed by atoms with E-state index in [1.807, 2.05) is 13.8 Å². The van der Waals surface area contributed by atoms with E-state index in [-0.39, 0.29) is 17.2 Å². The van der Waals surface area contributed by atoms with Crippen molar-refractivity contribution in [1.29, 1.82) is 0 Å². The third-order valence-corrected chi connectivity index (χ3v) is 3.52. The first-order chi connectivity index (χ1) is 8.90. The lowest BCUT2D eigenvalue weighted by molar-refractivity contribution is 0.411. The standard InChI is InChI=1S/C13H11F3N2O/c1-13(2)5-6(13)11-17-12(19-18-11)9-7(14)3-4-8(15)10(9)16/h3-4,6H,5H2,1-2H3/t6-/m1/s1. The van der Waals surface area contributed by atoms with Crippen molar-refractivity contribution in [2.45, 2.75) is 26.2 Å². The second-order valence-electron chi connectivity index (χ2n) is 5.42. The van der Waals surface area contributed by atoms with Crippen molar-refractivity contribution in [2.75, 3.05) is 0 Å². The van der Waals surface area contributed by atoms with E-state index in [1.54, 1.807) is 0 Å². The number of aromatic nitrogens is 2. The molecular formula is C13H11F3N2O. The molecule has 0 amide bonds. The molecule has 1 aromatic heterocycles. The molecule has 0 aliphatic heterocycles. The highest BCUT2D eigenvalue weighted by molar-refractivity contribution is 5.55. The minimum absolute atomic E-state index is 0.0696. The molecule has 1 aromatic carbocycles. The van der Waals surface area contributed by atoms with Crippen LogP contribution in [0.4, 0.5) is 13.2 Å². The average Bonchev–Trinajstić information content (AvgIpc) is 2.76. The molecule has 1 fully saturated rings. The SMILES string of the molecule is CC1(C)C[C@@H]1c1noc(-c2c(F)ccc(F)c2F)n1. The summed E-state index contributed by atoms with van der Waals surface area (Å²) in [6.45, 7) is 4.08. The van der Waals surface area contributed by atoms with E-state index in [2.05, 4.69) is 10.1 Å². The number of halogens is 3. The molecule has 6 heteroatoms. The average molecular weight is 268 g/mol. The maximum absolute atomic E-state index is 13.6. The van der Waals surface area contributed by atoms with Crippen LogP contribution in [0.1, 0.15) is 32.0 Å². The van der Waals surface area contributed by atoms with Crippen LogP contribution in [-0.4, -0.2) is 10.1 Å². The van der Waals surface area contributed by atoms with Gasteiger partial charge in [-0.3, -0.25) is 0 Å². The Morgan fingerprint density at radius 2 is 1.84 bits per heavy atom. The van der Waals surface area contributed by atoms with Crippen LogP contribution in [0.2, 0.25) is 0 Å². The van der Waals surface area contributed by atoms with Crippen molar-refractivity contribution in [3.8, 4) is 11.5 Å². The van der Waals surface area contributed by atoms with Crippen LogP contribution >= 0.6 is 0 Å². The Balaban J connectivity index is 2.02. The predicted octanol–water partition coefficient (Wildman–Crippen LogP) is 3.67. The molecule has 0 radical (unpaired) electrons. The van der Waals surface area contributed by atoms with Crippen LogP contribution in [0.25, 0.3) is 11.5 Å². The number of benzene rings is 1. The van der Waals surface area contributed by atoms with Crippen molar-refractivity contribution in [1.82, 2.24) is 10.1 Å². The molecule has 19 heavy (non-hydrogen) atoms. The topological polar surface area (TPSA) is 38.9 Å². The summed E-state index contributed by atoms with van der Waals surface area (Å²) >= 11 is 0. The van der Waals surface area contributed by atoms with Gasteiger partial charge in [0.05, 0.1) is 0 Å². The molecule has 0 spiro atoms. The van der Waals surface area contributed by atoms with Gasteiger partial charge in [0.2, 0.25) is 0 Å². The molecule has 1 aliphatic rings. The van der Waals surface area contributed by atoms with Crippen LogP contribution in [0.3, 0.4) is 0 Å². The first-order valence-electron chi connectivity index (χ1n) is 5.87. The maximum Gasteiger partial charge on any atom is 0.264 e. The molecule has 0 bridgehead atoms. The molecule has 3 nitrogen and oxygen atoms in total. The summed E-state index contributed by atoms with van der Waals surface area (Å²) in [7, 11) is 0. The van der Waals surface area contributed by atoms with Gasteiger partial charge in [-0.1, -0.05) is 19.0 Å². The minimum atomic E-state index is -1.31. The number of hydrogen-bond acceptors (Lipinski definition) is 3. The summed E-state index contributed by atoms with van der Waals surface area (Å²) in [6, 6.07) is 1.55. The quantitative estimate of drug-likeness (QED) is 0.780. The van der Waals surface area contributed by atoms with Gasteiger partial charge in [-0.15, -0.1) is 0 Å². The highest BCUT2D eigenvalue weighted by atomic mass is 19.2. The van der Waals surface area contributed by atoms with E-state index in [1.165, 1.54) is 0 Å². The molecule has 1 heterocycles. The van der Waals surface area contributed by atoms with E-state index in [0.717, 1.165) is 18.6 Å². The van der Waals surface area contributed by atoms with Crippen molar-refractivity contribution >= 4 is 0 Å². The van der Waals surface area contributed by atoms with Crippen LogP contribution in [0.15, 0.2) is 16.7 Å². The zero-order chi connectivity index (χ0) is 13.8. The molecule has 100 valence electrons. The lowest BCUT2D eigenvalue weighted by Gasteiger charge is -2.00. The fourth-order valence-corrected chi connectivity index (χ4v) is 2.11. The van der Waals surface area contributed by atoms with E-state index >= 15 is 0 Å². The van der Waals surface area contributed by atoms with Crippen molar-refractivity contribution in [3.05, 3.63) is 35.4 Å².